The molecule has 0 saturated carbocycles. The summed E-state index contributed by atoms with van der Waals surface area (Å²) in [5.41, 5.74) is -1.52. The zero-order chi connectivity index (χ0) is 28.2. The van der Waals surface area contributed by atoms with E-state index in [1.165, 1.54) is 60.8 Å². The van der Waals surface area contributed by atoms with Gasteiger partial charge in [-0.3, -0.25) is 0 Å². The van der Waals surface area contributed by atoms with Crippen LogP contribution >= 0.6 is 0 Å². The molecule has 0 amide bonds. The van der Waals surface area contributed by atoms with Gasteiger partial charge in [0.05, 0.1) is 12.2 Å². The van der Waals surface area contributed by atoms with E-state index in [0.717, 1.165) is 12.1 Å². The molecule has 4 aromatic rings. The Labute approximate surface area is 217 Å². The van der Waals surface area contributed by atoms with Crippen LogP contribution in [0.15, 0.2) is 67.4 Å². The Kier molecular flexibility index (Phi) is 8.04. The fourth-order valence-electron chi connectivity index (χ4n) is 3.61. The Hall–Kier alpha value is -4.20. The van der Waals surface area contributed by atoms with Crippen LogP contribution in [0, 0.1) is 11.6 Å². The number of nitrogens with zero attached hydrogens (tertiary/aromatic N) is 5. The van der Waals surface area contributed by atoms with Crippen molar-refractivity contribution in [3.05, 3.63) is 84.6 Å². The molecular weight excluding hydrogens is 532 g/mol. The largest absolute Gasteiger partial charge is 0.487 e. The lowest BCUT2D eigenvalue weighted by Crippen LogP contribution is -2.46. The van der Waals surface area contributed by atoms with Crippen LogP contribution < -0.4 is 9.47 Å². The maximum Gasteiger partial charge on any atom is 0.340 e. The van der Waals surface area contributed by atoms with Crippen molar-refractivity contribution in [1.29, 1.82) is 0 Å². The van der Waals surface area contributed by atoms with Crippen LogP contribution in [0.3, 0.4) is 0 Å². The smallest absolute Gasteiger partial charge is 0.340 e. The van der Waals surface area contributed by atoms with Crippen molar-refractivity contribution in [2.24, 2.45) is 0 Å². The van der Waals surface area contributed by atoms with E-state index < -0.39 is 42.3 Å². The van der Waals surface area contributed by atoms with Gasteiger partial charge in [0.25, 0.3) is 0 Å². The number of aromatic nitrogens is 5. The standard InChI is InChI=1S/C25H21F6N5O3/c1-15(24(37,11-36-14-32-13-34-36)19-7-4-17(26)10-20(19)27)39-23-33-9-8-21(35-23)16-2-5-18(6-3-16)38-12-25(30,31)22(28)29/h2-10,13-15,22,37H,11-12H2,1H3/t15-,24-/m1/s1. The highest BCUT2D eigenvalue weighted by Crippen LogP contribution is 2.32. The molecule has 0 unspecified atom stereocenters. The fourth-order valence-corrected chi connectivity index (χ4v) is 3.61. The molecule has 0 aliphatic heterocycles. The Morgan fingerprint density at radius 1 is 1.05 bits per heavy atom. The van der Waals surface area contributed by atoms with Gasteiger partial charge in [-0.05, 0) is 43.3 Å². The minimum absolute atomic E-state index is 0.0577. The first-order valence-electron chi connectivity index (χ1n) is 11.4. The first kappa shape index (κ1) is 27.8. The maximum atomic E-state index is 14.7. The van der Waals surface area contributed by atoms with E-state index >= 15 is 0 Å². The molecule has 0 fully saturated rings. The SMILES string of the molecule is C[C@@H](Oc1nccc(-c2ccc(OCC(F)(F)C(F)F)cc2)n1)[C@](O)(Cn1cncn1)c1ccc(F)cc1F. The maximum absolute atomic E-state index is 14.7. The minimum Gasteiger partial charge on any atom is -0.487 e. The van der Waals surface area contributed by atoms with Gasteiger partial charge in [-0.15, -0.1) is 0 Å². The Balaban J connectivity index is 1.54. The molecule has 0 saturated heterocycles. The molecule has 0 aliphatic carbocycles. The molecule has 4 rings (SSSR count). The van der Waals surface area contributed by atoms with E-state index in [0.29, 0.717) is 17.3 Å². The summed E-state index contributed by atoms with van der Waals surface area (Å²) in [4.78, 5) is 12.1. The molecule has 1 N–H and O–H groups in total. The average molecular weight is 553 g/mol. The molecule has 39 heavy (non-hydrogen) atoms. The topological polar surface area (TPSA) is 95.2 Å². The van der Waals surface area contributed by atoms with Crippen molar-refractivity contribution in [2.45, 2.75) is 37.5 Å². The first-order chi connectivity index (χ1) is 18.5. The van der Waals surface area contributed by atoms with Crippen LogP contribution in [-0.4, -0.2) is 54.9 Å². The average Bonchev–Trinajstić information content (AvgIpc) is 3.40. The number of hydrogen-bond acceptors (Lipinski definition) is 7. The minimum atomic E-state index is -4.29. The number of alkyl halides is 4. The molecule has 2 aromatic heterocycles. The lowest BCUT2D eigenvalue weighted by atomic mass is 9.88. The van der Waals surface area contributed by atoms with Crippen LogP contribution in [0.4, 0.5) is 26.3 Å². The molecule has 8 nitrogen and oxygen atoms in total. The summed E-state index contributed by atoms with van der Waals surface area (Å²) in [6.07, 6.45) is -1.16. The third-order valence-electron chi connectivity index (χ3n) is 5.76. The summed E-state index contributed by atoms with van der Waals surface area (Å²) in [5, 5.41) is 15.5. The van der Waals surface area contributed by atoms with E-state index in [1.807, 2.05) is 0 Å². The number of ether oxygens (including phenoxy) is 2. The van der Waals surface area contributed by atoms with E-state index in [2.05, 4.69) is 20.1 Å². The second kappa shape index (κ2) is 11.3. The van der Waals surface area contributed by atoms with Gasteiger partial charge in [-0.25, -0.2) is 32.2 Å². The summed E-state index contributed by atoms with van der Waals surface area (Å²) in [6.45, 7) is -0.348. The van der Waals surface area contributed by atoms with Gasteiger partial charge < -0.3 is 14.6 Å². The van der Waals surface area contributed by atoms with Gasteiger partial charge in [-0.2, -0.15) is 18.9 Å². The van der Waals surface area contributed by atoms with Crippen LogP contribution in [0.5, 0.6) is 11.8 Å². The fraction of sp³-hybridized carbons (Fsp3) is 0.280. The van der Waals surface area contributed by atoms with Gasteiger partial charge in [-0.1, -0.05) is 6.07 Å². The number of rotatable bonds is 11. The monoisotopic (exact) mass is 553 g/mol. The van der Waals surface area contributed by atoms with Gasteiger partial charge >= 0.3 is 18.4 Å². The number of benzene rings is 2. The molecule has 2 heterocycles. The highest BCUT2D eigenvalue weighted by Gasteiger charge is 2.42. The Bertz CT molecular complexity index is 1390. The highest BCUT2D eigenvalue weighted by molar-refractivity contribution is 5.59. The van der Waals surface area contributed by atoms with Crippen LogP contribution in [0.25, 0.3) is 11.3 Å². The summed E-state index contributed by atoms with van der Waals surface area (Å²) in [6, 6.07) is 9.56. The van der Waals surface area contributed by atoms with E-state index in [9.17, 15) is 31.4 Å². The van der Waals surface area contributed by atoms with Crippen molar-refractivity contribution >= 4 is 0 Å². The molecule has 2 atom stereocenters. The van der Waals surface area contributed by atoms with Gasteiger partial charge in [0.1, 0.15) is 41.7 Å². The zero-order valence-electron chi connectivity index (χ0n) is 20.2. The van der Waals surface area contributed by atoms with Crippen molar-refractivity contribution in [3.8, 4) is 23.0 Å². The number of halogens is 6. The van der Waals surface area contributed by atoms with Crippen LogP contribution in [0.1, 0.15) is 12.5 Å². The van der Waals surface area contributed by atoms with Crippen molar-refractivity contribution in [3.63, 3.8) is 0 Å². The normalized spacial score (nSPS) is 14.2. The predicted molar refractivity (Wildman–Crippen MR) is 124 cm³/mol. The third kappa shape index (κ3) is 6.45. The molecule has 0 bridgehead atoms. The summed E-state index contributed by atoms with van der Waals surface area (Å²) >= 11 is 0. The van der Waals surface area contributed by atoms with Gasteiger partial charge in [0.15, 0.2) is 6.61 Å². The molecule has 2 aromatic carbocycles. The summed E-state index contributed by atoms with van der Waals surface area (Å²) < 4.78 is 90.9. The predicted octanol–water partition coefficient (Wildman–Crippen LogP) is 4.65. The summed E-state index contributed by atoms with van der Waals surface area (Å²) in [5.74, 6) is -6.18. The molecular formula is C25H21F6N5O3. The number of hydrogen-bond donors (Lipinski definition) is 1. The third-order valence-corrected chi connectivity index (χ3v) is 5.76. The van der Waals surface area contributed by atoms with E-state index in [1.54, 1.807) is 0 Å². The Morgan fingerprint density at radius 2 is 1.79 bits per heavy atom. The molecule has 0 radical (unpaired) electrons. The quantitative estimate of drug-likeness (QED) is 0.270. The van der Waals surface area contributed by atoms with E-state index in [4.69, 9.17) is 9.47 Å². The lowest BCUT2D eigenvalue weighted by Gasteiger charge is -2.34. The highest BCUT2D eigenvalue weighted by atomic mass is 19.3. The zero-order valence-corrected chi connectivity index (χ0v) is 20.2. The van der Waals surface area contributed by atoms with Crippen molar-refractivity contribution in [2.75, 3.05) is 6.61 Å². The van der Waals surface area contributed by atoms with Crippen LogP contribution in [0.2, 0.25) is 0 Å². The summed E-state index contributed by atoms with van der Waals surface area (Å²) in [7, 11) is 0. The second-order valence-corrected chi connectivity index (χ2v) is 8.50. The Morgan fingerprint density at radius 3 is 2.44 bits per heavy atom. The molecule has 206 valence electrons. The molecule has 0 spiro atoms. The lowest BCUT2D eigenvalue weighted by molar-refractivity contribution is -0.148. The van der Waals surface area contributed by atoms with Gasteiger partial charge in [0, 0.05) is 23.4 Å². The van der Waals surface area contributed by atoms with Gasteiger partial charge in [0.2, 0.25) is 0 Å². The van der Waals surface area contributed by atoms with Crippen molar-refractivity contribution in [1.82, 2.24) is 24.7 Å². The second-order valence-electron chi connectivity index (χ2n) is 8.50. The van der Waals surface area contributed by atoms with E-state index in [-0.39, 0.29) is 23.9 Å². The molecule has 0 aliphatic rings. The molecule has 14 heteroatoms. The number of aliphatic hydroxyl groups is 1. The first-order valence-corrected chi connectivity index (χ1v) is 11.4. The van der Waals surface area contributed by atoms with Crippen LogP contribution in [-0.2, 0) is 12.1 Å². The van der Waals surface area contributed by atoms with Crippen molar-refractivity contribution < 1.29 is 40.9 Å².